The van der Waals surface area contributed by atoms with E-state index >= 15 is 0 Å². The van der Waals surface area contributed by atoms with E-state index in [1.54, 1.807) is 27.7 Å². The molecular formula is C33H59N3O10. The number of methoxy groups -OCH3 is 1. The monoisotopic (exact) mass is 657 g/mol. The first-order valence-corrected chi connectivity index (χ1v) is 16.6. The van der Waals surface area contributed by atoms with Gasteiger partial charge >= 0.3 is 0 Å². The number of aliphatic hydroxyl groups excluding tert-OH is 2. The zero-order valence-corrected chi connectivity index (χ0v) is 29.3. The van der Waals surface area contributed by atoms with E-state index in [0.717, 1.165) is 0 Å². The fourth-order valence-electron chi connectivity index (χ4n) is 7.09. The van der Waals surface area contributed by atoms with Gasteiger partial charge in [0.1, 0.15) is 42.0 Å². The largest absolute Gasteiger partial charge is 0.493 e. The highest BCUT2D eigenvalue weighted by molar-refractivity contribution is 5.80. The molecule has 0 aliphatic carbocycles. The van der Waals surface area contributed by atoms with Crippen LogP contribution in [0.25, 0.3) is 0 Å². The van der Waals surface area contributed by atoms with Crippen LogP contribution in [0, 0.1) is 17.8 Å². The van der Waals surface area contributed by atoms with Gasteiger partial charge in [-0.05, 0) is 60.5 Å². The maximum absolute atomic E-state index is 13.5. The number of rotatable bonds is 6. The molecule has 3 aliphatic heterocycles. The van der Waals surface area contributed by atoms with Crippen molar-refractivity contribution in [1.82, 2.24) is 15.5 Å². The van der Waals surface area contributed by atoms with E-state index in [-0.39, 0.29) is 55.7 Å². The molecule has 0 bridgehead atoms. The van der Waals surface area contributed by atoms with Gasteiger partial charge in [0.25, 0.3) is 0 Å². The molecule has 0 spiro atoms. The molecule has 3 fully saturated rings. The van der Waals surface area contributed by atoms with E-state index in [9.17, 15) is 24.9 Å². The minimum Gasteiger partial charge on any atom is -0.493 e. The van der Waals surface area contributed by atoms with Crippen LogP contribution in [0.1, 0.15) is 74.1 Å². The molecule has 0 aromatic heterocycles. The van der Waals surface area contributed by atoms with Crippen molar-refractivity contribution in [1.29, 1.82) is 0 Å². The van der Waals surface area contributed by atoms with Crippen molar-refractivity contribution >= 4 is 11.8 Å². The lowest BCUT2D eigenvalue weighted by molar-refractivity contribution is -0.299. The summed E-state index contributed by atoms with van der Waals surface area (Å²) < 4.78 is 30.7. The number of nitrogens with one attached hydrogen (secondary N) is 2. The summed E-state index contributed by atoms with van der Waals surface area (Å²) in [5.41, 5.74) is -2.41. The molecule has 0 unspecified atom stereocenters. The Bertz CT molecular complexity index is 1060. The molecule has 3 heterocycles. The first-order valence-electron chi connectivity index (χ1n) is 16.6. The van der Waals surface area contributed by atoms with Gasteiger partial charge in [0.2, 0.25) is 11.8 Å². The molecule has 3 saturated heterocycles. The van der Waals surface area contributed by atoms with Crippen molar-refractivity contribution in [2.45, 2.75) is 134 Å². The van der Waals surface area contributed by atoms with Crippen LogP contribution in [-0.2, 0) is 33.3 Å². The van der Waals surface area contributed by atoms with Gasteiger partial charge in [0.05, 0.1) is 23.7 Å². The van der Waals surface area contributed by atoms with Crippen molar-refractivity contribution in [3.8, 4) is 0 Å². The van der Waals surface area contributed by atoms with Gasteiger partial charge in [0.15, 0.2) is 6.29 Å². The number of hydrogen-bond acceptors (Lipinski definition) is 11. The van der Waals surface area contributed by atoms with Crippen LogP contribution >= 0.6 is 0 Å². The number of carbonyl (C=O) groups excluding carboxylic acids is 2. The van der Waals surface area contributed by atoms with Gasteiger partial charge in [-0.25, -0.2) is 0 Å². The second-order valence-electron chi connectivity index (χ2n) is 14.4. The van der Waals surface area contributed by atoms with Crippen LogP contribution in [0.3, 0.4) is 0 Å². The summed E-state index contributed by atoms with van der Waals surface area (Å²) in [5.74, 6) is -1.62. The van der Waals surface area contributed by atoms with E-state index in [4.69, 9.17) is 23.7 Å². The van der Waals surface area contributed by atoms with E-state index in [1.165, 1.54) is 13.4 Å². The van der Waals surface area contributed by atoms with E-state index in [1.807, 2.05) is 39.8 Å². The third-order valence-corrected chi connectivity index (χ3v) is 9.89. The summed E-state index contributed by atoms with van der Waals surface area (Å²) in [6.45, 7) is 13.1. The Kier molecular flexibility index (Phi) is 13.3. The SMILES string of the molecule is CO[C@]1(C)C/C(=C/O[C@H]2[C@H](C)[C@@H](O[C@@H]3O[C@H](C)C[C@H](N(C)C)[C@H]3O)[C@](C)(O)C[C@@H](C)CNC(=O)CCNC(=O)[C@@H]2C)O[C@@H](C)[C@@H]1O. The summed E-state index contributed by atoms with van der Waals surface area (Å²) in [7, 11) is 5.30. The third kappa shape index (κ3) is 9.33. The maximum Gasteiger partial charge on any atom is 0.226 e. The Morgan fingerprint density at radius 2 is 1.74 bits per heavy atom. The van der Waals surface area contributed by atoms with Crippen LogP contribution < -0.4 is 10.6 Å². The Balaban J connectivity index is 2.04. The molecule has 5 N–H and O–H groups in total. The molecular weight excluding hydrogens is 598 g/mol. The van der Waals surface area contributed by atoms with Crippen LogP contribution in [-0.4, -0.2) is 126 Å². The molecule has 46 heavy (non-hydrogen) atoms. The average molecular weight is 658 g/mol. The van der Waals surface area contributed by atoms with Gasteiger partial charge < -0.3 is 54.5 Å². The molecule has 266 valence electrons. The minimum absolute atomic E-state index is 0.115. The van der Waals surface area contributed by atoms with Crippen LogP contribution in [0.15, 0.2) is 12.0 Å². The molecule has 0 radical (unpaired) electrons. The van der Waals surface area contributed by atoms with Gasteiger partial charge in [-0.2, -0.15) is 0 Å². The normalized spacial score (nSPS) is 44.6. The van der Waals surface area contributed by atoms with Crippen molar-refractivity contribution < 1.29 is 48.6 Å². The standard InChI is InChI=1S/C33H59N3O10/c1-18-14-32(6,41)29(46-31-26(38)24(36(8)9)13-19(2)44-31)20(3)27(21(4)30(40)34-12-11-25(37)35-16-18)43-17-23-15-33(7,42-10)28(39)22(5)45-23/h17-22,24,26-29,31,38-39,41H,11-16H2,1-10H3,(H,34,40)(H,35,37)/b23-17-/t18-,19-,20+,21-,22+,24+,26-,27+,28+,29-,31+,32-,33-/m1/s1. The summed E-state index contributed by atoms with van der Waals surface area (Å²) in [6, 6.07) is -0.237. The predicted molar refractivity (Wildman–Crippen MR) is 170 cm³/mol. The van der Waals surface area contributed by atoms with Crippen molar-refractivity contribution in [3.63, 3.8) is 0 Å². The Morgan fingerprint density at radius 1 is 1.07 bits per heavy atom. The maximum atomic E-state index is 13.5. The first kappa shape index (κ1) is 38.4. The lowest BCUT2D eigenvalue weighted by Crippen LogP contribution is -2.59. The van der Waals surface area contributed by atoms with Gasteiger partial charge in [-0.15, -0.1) is 0 Å². The topological polar surface area (TPSA) is 168 Å². The molecule has 13 nitrogen and oxygen atoms in total. The fourth-order valence-corrected chi connectivity index (χ4v) is 7.09. The molecule has 0 aromatic carbocycles. The summed E-state index contributed by atoms with van der Waals surface area (Å²) in [6.07, 6.45) is -2.89. The smallest absolute Gasteiger partial charge is 0.226 e. The number of amides is 2. The molecule has 3 rings (SSSR count). The number of hydrogen-bond donors (Lipinski definition) is 5. The molecule has 13 heteroatoms. The second kappa shape index (κ2) is 15.9. The molecule has 2 amide bonds. The number of likely N-dealkylation sites (N-methyl/N-ethyl adjacent to an activating group) is 1. The van der Waals surface area contributed by atoms with Gasteiger partial charge in [0, 0.05) is 45.0 Å². The number of carbonyl (C=O) groups is 2. The van der Waals surface area contributed by atoms with Crippen molar-refractivity contribution in [2.24, 2.45) is 17.8 Å². The Hall–Kier alpha value is -2.00. The van der Waals surface area contributed by atoms with Crippen LogP contribution in [0.2, 0.25) is 0 Å². The third-order valence-electron chi connectivity index (χ3n) is 9.89. The number of ether oxygens (including phenoxy) is 5. The molecule has 3 aliphatic rings. The first-order chi connectivity index (χ1) is 21.4. The quantitative estimate of drug-likeness (QED) is 0.261. The summed E-state index contributed by atoms with van der Waals surface area (Å²) >= 11 is 0. The Labute approximate surface area is 274 Å². The fraction of sp³-hybridized carbons (Fsp3) is 0.879. The van der Waals surface area contributed by atoms with E-state index in [2.05, 4.69) is 10.6 Å². The molecule has 0 saturated carbocycles. The number of aliphatic hydroxyl groups is 3. The lowest BCUT2D eigenvalue weighted by atomic mass is 9.77. The van der Waals surface area contributed by atoms with E-state index in [0.29, 0.717) is 18.7 Å². The minimum atomic E-state index is -1.50. The number of nitrogens with zero attached hydrogens (tertiary/aromatic N) is 1. The van der Waals surface area contributed by atoms with Crippen LogP contribution in [0.5, 0.6) is 0 Å². The van der Waals surface area contributed by atoms with Crippen molar-refractivity contribution in [2.75, 3.05) is 34.3 Å². The Morgan fingerprint density at radius 3 is 2.37 bits per heavy atom. The van der Waals surface area contributed by atoms with Gasteiger partial charge in [-0.1, -0.05) is 20.8 Å². The highest BCUT2D eigenvalue weighted by Gasteiger charge is 2.49. The summed E-state index contributed by atoms with van der Waals surface area (Å²) in [4.78, 5) is 27.9. The highest BCUT2D eigenvalue weighted by atomic mass is 16.7. The average Bonchev–Trinajstić information content (AvgIpc) is 2.97. The van der Waals surface area contributed by atoms with Crippen LogP contribution in [0.4, 0.5) is 0 Å². The second-order valence-corrected chi connectivity index (χ2v) is 14.4. The zero-order valence-electron chi connectivity index (χ0n) is 29.3. The zero-order chi connectivity index (χ0) is 34.6. The van der Waals surface area contributed by atoms with Crippen molar-refractivity contribution in [3.05, 3.63) is 12.0 Å². The molecule has 13 atom stereocenters. The summed E-state index contributed by atoms with van der Waals surface area (Å²) in [5, 5.41) is 39.9. The van der Waals surface area contributed by atoms with E-state index < -0.39 is 59.8 Å². The highest BCUT2D eigenvalue weighted by Crippen LogP contribution is 2.38. The molecule has 0 aromatic rings. The lowest BCUT2D eigenvalue weighted by Gasteiger charge is -2.47. The predicted octanol–water partition coefficient (Wildman–Crippen LogP) is 1.28. The van der Waals surface area contributed by atoms with Gasteiger partial charge in [-0.3, -0.25) is 9.59 Å².